The van der Waals surface area contributed by atoms with E-state index in [0.29, 0.717) is 71.9 Å². The largest absolute Gasteiger partial charge is 0.507 e. The number of nitrogens with two attached hydrogens (primary N) is 2. The number of aromatic hydroxyl groups is 2. The lowest BCUT2D eigenvalue weighted by Crippen LogP contribution is -2.35. The van der Waals surface area contributed by atoms with Crippen LogP contribution in [0.25, 0.3) is 33.6 Å². The van der Waals surface area contributed by atoms with Gasteiger partial charge in [0.1, 0.15) is 17.3 Å². The van der Waals surface area contributed by atoms with Crippen LogP contribution in [0.3, 0.4) is 0 Å². The van der Waals surface area contributed by atoms with Crippen molar-refractivity contribution in [3.63, 3.8) is 0 Å². The standard InChI is InChI=1S/C38H35N7O3/c39-36-27(18-24-8-2-1-3-9-24)20-31(41-43-36)30-14-7-13-28(35(30)47)26-11-6-10-25(19-26)22-38(48)16-17-45(23-38)33-21-32(42-44-37(33)40)29-12-4-5-15-34(29)46/h1-15,19-21,46-48H,16-18,22-23H2,(H2,39,43)(H2,40,44). The molecule has 0 bridgehead atoms. The molecule has 0 spiro atoms. The molecule has 0 amide bonds. The smallest absolute Gasteiger partial charge is 0.169 e. The van der Waals surface area contributed by atoms with Gasteiger partial charge >= 0.3 is 0 Å². The highest BCUT2D eigenvalue weighted by Gasteiger charge is 2.37. The topological polar surface area (TPSA) is 168 Å². The van der Waals surface area contributed by atoms with Crippen molar-refractivity contribution in [1.29, 1.82) is 0 Å². The van der Waals surface area contributed by atoms with Gasteiger partial charge in [-0.25, -0.2) is 0 Å². The van der Waals surface area contributed by atoms with Crippen LogP contribution in [0.15, 0.2) is 109 Å². The first kappa shape index (κ1) is 30.6. The van der Waals surface area contributed by atoms with Crippen LogP contribution in [-0.2, 0) is 12.8 Å². The molecule has 10 nitrogen and oxygen atoms in total. The van der Waals surface area contributed by atoms with E-state index in [2.05, 4.69) is 20.4 Å². The molecule has 1 aliphatic rings. The SMILES string of the molecule is Nc1nnc(-c2cccc(-c3cccc(CC4(O)CCN(c5cc(-c6ccccc6O)nnc5N)C4)c3)c2O)cc1Cc1ccccc1. The van der Waals surface area contributed by atoms with Crippen LogP contribution in [0.2, 0.25) is 0 Å². The minimum Gasteiger partial charge on any atom is -0.507 e. The highest BCUT2D eigenvalue weighted by Crippen LogP contribution is 2.39. The van der Waals surface area contributed by atoms with E-state index in [1.165, 1.54) is 0 Å². The summed E-state index contributed by atoms with van der Waals surface area (Å²) in [4.78, 5) is 2.01. The number of anilines is 3. The van der Waals surface area contributed by atoms with E-state index in [4.69, 9.17) is 11.5 Å². The van der Waals surface area contributed by atoms with Gasteiger partial charge in [0.15, 0.2) is 5.82 Å². The van der Waals surface area contributed by atoms with E-state index in [0.717, 1.165) is 22.3 Å². The van der Waals surface area contributed by atoms with Gasteiger partial charge in [-0.1, -0.05) is 78.9 Å². The number of aliphatic hydroxyl groups is 1. The lowest BCUT2D eigenvalue weighted by molar-refractivity contribution is 0.0637. The molecule has 1 atom stereocenters. The number of nitrogen functional groups attached to an aromatic ring is 2. The van der Waals surface area contributed by atoms with E-state index >= 15 is 0 Å². The maximum absolute atomic E-state index is 11.7. The van der Waals surface area contributed by atoms with Gasteiger partial charge in [-0.2, -0.15) is 0 Å². The Morgan fingerprint density at radius 3 is 2.15 bits per heavy atom. The summed E-state index contributed by atoms with van der Waals surface area (Å²) < 4.78 is 0. The summed E-state index contributed by atoms with van der Waals surface area (Å²) in [6.45, 7) is 0.916. The van der Waals surface area contributed by atoms with Crippen molar-refractivity contribution in [2.24, 2.45) is 0 Å². The number of benzene rings is 4. The van der Waals surface area contributed by atoms with E-state index < -0.39 is 5.60 Å². The third-order valence-corrected chi connectivity index (χ3v) is 8.88. The molecule has 1 fully saturated rings. The van der Waals surface area contributed by atoms with E-state index in [-0.39, 0.29) is 17.3 Å². The molecule has 7 rings (SSSR count). The Kier molecular flexibility index (Phi) is 8.08. The normalized spacial score (nSPS) is 15.9. The molecule has 240 valence electrons. The van der Waals surface area contributed by atoms with Gasteiger partial charge in [-0.05, 0) is 53.4 Å². The van der Waals surface area contributed by atoms with Crippen LogP contribution in [0.4, 0.5) is 17.3 Å². The first-order valence-corrected chi connectivity index (χ1v) is 15.7. The van der Waals surface area contributed by atoms with Gasteiger partial charge < -0.3 is 31.7 Å². The Hall–Kier alpha value is -6.00. The summed E-state index contributed by atoms with van der Waals surface area (Å²) >= 11 is 0. The number of phenolic OH excluding ortho intramolecular Hbond substituents is 2. The molecule has 1 unspecified atom stereocenters. The summed E-state index contributed by atoms with van der Waals surface area (Å²) in [5.74, 6) is 0.805. The predicted octanol–water partition coefficient (Wildman–Crippen LogP) is 5.62. The molecule has 1 aliphatic heterocycles. The zero-order valence-corrected chi connectivity index (χ0v) is 26.2. The van der Waals surface area contributed by atoms with Crippen LogP contribution in [-0.4, -0.2) is 54.4 Å². The number of β-amino-alcohol motifs (C(OH)–C–C–N with tert-alkyl or cyclic N) is 1. The highest BCUT2D eigenvalue weighted by molar-refractivity contribution is 5.81. The van der Waals surface area contributed by atoms with E-state index in [9.17, 15) is 15.3 Å². The van der Waals surface area contributed by atoms with Crippen molar-refractivity contribution in [2.45, 2.75) is 24.9 Å². The molecule has 48 heavy (non-hydrogen) atoms. The Morgan fingerprint density at radius 2 is 1.33 bits per heavy atom. The number of nitrogens with zero attached hydrogens (tertiary/aromatic N) is 5. The second-order valence-corrected chi connectivity index (χ2v) is 12.3. The molecule has 4 aromatic carbocycles. The van der Waals surface area contributed by atoms with Crippen molar-refractivity contribution in [2.75, 3.05) is 29.5 Å². The number of aromatic nitrogens is 4. The zero-order chi connectivity index (χ0) is 33.3. The number of para-hydroxylation sites is 2. The van der Waals surface area contributed by atoms with E-state index in [1.54, 1.807) is 24.3 Å². The van der Waals surface area contributed by atoms with E-state index in [1.807, 2.05) is 89.8 Å². The molecule has 1 saturated heterocycles. The minimum atomic E-state index is -1.03. The molecular formula is C38H35N7O3. The second-order valence-electron chi connectivity index (χ2n) is 12.3. The van der Waals surface area contributed by atoms with Gasteiger partial charge in [0.2, 0.25) is 0 Å². The van der Waals surface area contributed by atoms with Crippen LogP contribution >= 0.6 is 0 Å². The van der Waals surface area contributed by atoms with Crippen molar-refractivity contribution in [1.82, 2.24) is 20.4 Å². The molecule has 10 heteroatoms. The maximum Gasteiger partial charge on any atom is 0.169 e. The Morgan fingerprint density at radius 1 is 0.667 bits per heavy atom. The van der Waals surface area contributed by atoms with Crippen LogP contribution in [0, 0.1) is 0 Å². The van der Waals surface area contributed by atoms with Gasteiger partial charge in [0.25, 0.3) is 0 Å². The summed E-state index contributed by atoms with van der Waals surface area (Å²) in [6.07, 6.45) is 1.52. The fourth-order valence-corrected chi connectivity index (χ4v) is 6.41. The molecule has 3 heterocycles. The molecule has 0 saturated carbocycles. The number of phenols is 2. The summed E-state index contributed by atoms with van der Waals surface area (Å²) in [7, 11) is 0. The van der Waals surface area contributed by atoms with Crippen LogP contribution < -0.4 is 16.4 Å². The Labute approximate surface area is 278 Å². The predicted molar refractivity (Wildman–Crippen MR) is 187 cm³/mol. The van der Waals surface area contributed by atoms with Crippen molar-refractivity contribution in [3.05, 3.63) is 126 Å². The molecule has 2 aromatic heterocycles. The molecule has 6 aromatic rings. The van der Waals surface area contributed by atoms with Crippen LogP contribution in [0.1, 0.15) is 23.1 Å². The first-order chi connectivity index (χ1) is 23.3. The Bertz CT molecular complexity index is 2110. The van der Waals surface area contributed by atoms with Crippen molar-refractivity contribution < 1.29 is 15.3 Å². The second kappa shape index (κ2) is 12.7. The lowest BCUT2D eigenvalue weighted by atomic mass is 9.91. The van der Waals surface area contributed by atoms with Crippen LogP contribution in [0.5, 0.6) is 11.5 Å². The van der Waals surface area contributed by atoms with Gasteiger partial charge in [0, 0.05) is 48.2 Å². The number of hydrogen-bond acceptors (Lipinski definition) is 10. The maximum atomic E-state index is 11.7. The summed E-state index contributed by atoms with van der Waals surface area (Å²) in [5, 5.41) is 50.4. The van der Waals surface area contributed by atoms with Crippen molar-refractivity contribution >= 4 is 17.3 Å². The highest BCUT2D eigenvalue weighted by atomic mass is 16.3. The lowest BCUT2D eigenvalue weighted by Gasteiger charge is -2.25. The van der Waals surface area contributed by atoms with Gasteiger partial charge in [0.05, 0.1) is 22.7 Å². The van der Waals surface area contributed by atoms with Crippen molar-refractivity contribution in [3.8, 4) is 45.1 Å². The zero-order valence-electron chi connectivity index (χ0n) is 26.2. The summed E-state index contributed by atoms with van der Waals surface area (Å²) in [5.41, 5.74) is 18.5. The number of hydrogen-bond donors (Lipinski definition) is 5. The van der Waals surface area contributed by atoms with Gasteiger partial charge in [-0.3, -0.25) is 0 Å². The molecule has 0 aliphatic carbocycles. The Balaban J connectivity index is 1.11. The molecular weight excluding hydrogens is 602 g/mol. The molecule has 7 N–H and O–H groups in total. The summed E-state index contributed by atoms with van der Waals surface area (Å²) in [6, 6.07) is 34.0. The fraction of sp³-hybridized carbons (Fsp3) is 0.158. The third-order valence-electron chi connectivity index (χ3n) is 8.88. The fourth-order valence-electron chi connectivity index (χ4n) is 6.41. The average Bonchev–Trinajstić information content (AvgIpc) is 3.48. The minimum absolute atomic E-state index is 0.0889. The quantitative estimate of drug-likeness (QED) is 0.141. The monoisotopic (exact) mass is 637 g/mol. The third kappa shape index (κ3) is 6.21. The van der Waals surface area contributed by atoms with Gasteiger partial charge in [-0.15, -0.1) is 20.4 Å². The first-order valence-electron chi connectivity index (χ1n) is 15.7. The number of rotatable bonds is 8. The molecule has 0 radical (unpaired) electrons. The average molecular weight is 638 g/mol.